The van der Waals surface area contributed by atoms with Crippen LogP contribution in [0.4, 0.5) is 11.4 Å². The van der Waals surface area contributed by atoms with Crippen molar-refractivity contribution >= 4 is 29.1 Å². The third-order valence-electron chi connectivity index (χ3n) is 2.89. The van der Waals surface area contributed by atoms with E-state index in [0.717, 1.165) is 0 Å². The molecule has 1 aliphatic heterocycles. The number of amides is 3. The van der Waals surface area contributed by atoms with Gasteiger partial charge in [-0.15, -0.1) is 0 Å². The molecule has 0 aromatic heterocycles. The molecule has 2 rings (SSSR count). The molecule has 0 spiro atoms. The molecule has 106 valence electrons. The zero-order valence-corrected chi connectivity index (χ0v) is 11.1. The van der Waals surface area contributed by atoms with E-state index in [9.17, 15) is 14.4 Å². The average molecular weight is 276 g/mol. The Hall–Kier alpha value is -2.57. The number of hydrogen-bond acceptors (Lipinski definition) is 5. The highest BCUT2D eigenvalue weighted by Crippen LogP contribution is 2.24. The van der Waals surface area contributed by atoms with Crippen molar-refractivity contribution in [2.45, 2.75) is 6.92 Å². The second-order valence-corrected chi connectivity index (χ2v) is 4.46. The summed E-state index contributed by atoms with van der Waals surface area (Å²) in [7, 11) is 0. The molecule has 7 nitrogen and oxygen atoms in total. The fourth-order valence-corrected chi connectivity index (χ4v) is 2.07. The van der Waals surface area contributed by atoms with Crippen molar-refractivity contribution in [3.63, 3.8) is 0 Å². The van der Waals surface area contributed by atoms with Crippen molar-refractivity contribution in [3.05, 3.63) is 23.8 Å². The predicted octanol–water partition coefficient (Wildman–Crippen LogP) is -0.519. The number of rotatable bonds is 3. The molecule has 0 atom stereocenters. The molecule has 7 heteroatoms. The summed E-state index contributed by atoms with van der Waals surface area (Å²) in [5.41, 5.74) is 7.08. The van der Waals surface area contributed by atoms with Crippen molar-refractivity contribution < 1.29 is 14.4 Å². The maximum absolute atomic E-state index is 12.0. The van der Waals surface area contributed by atoms with Crippen LogP contribution in [0.25, 0.3) is 0 Å². The van der Waals surface area contributed by atoms with Gasteiger partial charge in [0.05, 0.1) is 24.3 Å². The SMILES string of the molecule is CCNC(=O)c1ccc(N)cc1N1CC(=O)NC(=O)C1. The van der Waals surface area contributed by atoms with Crippen LogP contribution >= 0.6 is 0 Å². The fourth-order valence-electron chi connectivity index (χ4n) is 2.07. The van der Waals surface area contributed by atoms with Crippen LogP contribution in [0.15, 0.2) is 18.2 Å². The Balaban J connectivity index is 2.38. The quantitative estimate of drug-likeness (QED) is 0.509. The zero-order valence-electron chi connectivity index (χ0n) is 11.1. The van der Waals surface area contributed by atoms with Gasteiger partial charge in [-0.05, 0) is 25.1 Å². The first-order valence-corrected chi connectivity index (χ1v) is 6.26. The molecule has 0 radical (unpaired) electrons. The van der Waals surface area contributed by atoms with E-state index in [-0.39, 0.29) is 19.0 Å². The van der Waals surface area contributed by atoms with Gasteiger partial charge in [-0.2, -0.15) is 0 Å². The Bertz CT molecular complexity index is 555. The van der Waals surface area contributed by atoms with Crippen molar-refractivity contribution in [2.75, 3.05) is 30.3 Å². The molecule has 1 aliphatic rings. The summed E-state index contributed by atoms with van der Waals surface area (Å²) in [5.74, 6) is -1.06. The van der Waals surface area contributed by atoms with Gasteiger partial charge < -0.3 is 16.0 Å². The van der Waals surface area contributed by atoms with Gasteiger partial charge in [0.25, 0.3) is 5.91 Å². The number of nitrogens with zero attached hydrogens (tertiary/aromatic N) is 1. The van der Waals surface area contributed by atoms with E-state index in [1.54, 1.807) is 23.1 Å². The van der Waals surface area contributed by atoms with Gasteiger partial charge in [-0.1, -0.05) is 0 Å². The van der Waals surface area contributed by atoms with Gasteiger partial charge >= 0.3 is 0 Å². The van der Waals surface area contributed by atoms with Crippen molar-refractivity contribution in [3.8, 4) is 0 Å². The van der Waals surface area contributed by atoms with Gasteiger partial charge in [0.1, 0.15) is 0 Å². The summed E-state index contributed by atoms with van der Waals surface area (Å²) in [5, 5.41) is 4.91. The maximum atomic E-state index is 12.0. The molecule has 3 amide bonds. The van der Waals surface area contributed by atoms with E-state index in [0.29, 0.717) is 23.5 Å². The number of anilines is 2. The van der Waals surface area contributed by atoms with Crippen LogP contribution in [0, 0.1) is 0 Å². The minimum absolute atomic E-state index is 0.0155. The Morgan fingerprint density at radius 1 is 1.35 bits per heavy atom. The van der Waals surface area contributed by atoms with Crippen LogP contribution < -0.4 is 21.3 Å². The lowest BCUT2D eigenvalue weighted by Crippen LogP contribution is -2.52. The van der Waals surface area contributed by atoms with Gasteiger partial charge in [-0.25, -0.2) is 0 Å². The molecule has 0 saturated carbocycles. The van der Waals surface area contributed by atoms with Gasteiger partial charge in [0.2, 0.25) is 11.8 Å². The molecule has 4 N–H and O–H groups in total. The topological polar surface area (TPSA) is 105 Å². The molecule has 1 fully saturated rings. The standard InChI is InChI=1S/C13H16N4O3/c1-2-15-13(20)9-4-3-8(14)5-10(9)17-6-11(18)16-12(19)7-17/h3-5H,2,6-7,14H2,1H3,(H,15,20)(H,16,18,19). The highest BCUT2D eigenvalue weighted by Gasteiger charge is 2.25. The van der Waals surface area contributed by atoms with Crippen LogP contribution in [0.3, 0.4) is 0 Å². The molecule has 1 heterocycles. The highest BCUT2D eigenvalue weighted by molar-refractivity contribution is 6.06. The lowest BCUT2D eigenvalue weighted by Gasteiger charge is -2.29. The Kier molecular flexibility index (Phi) is 3.88. The second kappa shape index (κ2) is 5.60. The van der Waals surface area contributed by atoms with Crippen LogP contribution in [-0.4, -0.2) is 37.4 Å². The number of piperazine rings is 1. The van der Waals surface area contributed by atoms with Gasteiger partial charge in [0, 0.05) is 12.2 Å². The molecule has 0 unspecified atom stereocenters. The van der Waals surface area contributed by atoms with E-state index < -0.39 is 11.8 Å². The second-order valence-electron chi connectivity index (χ2n) is 4.46. The van der Waals surface area contributed by atoms with Crippen molar-refractivity contribution in [2.24, 2.45) is 0 Å². The predicted molar refractivity (Wildman–Crippen MR) is 74.2 cm³/mol. The Labute approximate surface area is 116 Å². The number of carbonyl (C=O) groups excluding carboxylic acids is 3. The number of nitrogens with two attached hydrogens (primary N) is 1. The fraction of sp³-hybridized carbons (Fsp3) is 0.308. The van der Waals surface area contributed by atoms with Crippen LogP contribution in [0.2, 0.25) is 0 Å². The monoisotopic (exact) mass is 276 g/mol. The number of carbonyl (C=O) groups is 3. The number of nitrogens with one attached hydrogen (secondary N) is 2. The highest BCUT2D eigenvalue weighted by atomic mass is 16.2. The largest absolute Gasteiger partial charge is 0.399 e. The molecule has 0 aliphatic carbocycles. The summed E-state index contributed by atoms with van der Waals surface area (Å²) in [4.78, 5) is 36.4. The van der Waals surface area contributed by atoms with Crippen molar-refractivity contribution in [1.82, 2.24) is 10.6 Å². The van der Waals surface area contributed by atoms with Gasteiger partial charge in [0.15, 0.2) is 0 Å². The van der Waals surface area contributed by atoms with Crippen LogP contribution in [0.5, 0.6) is 0 Å². The smallest absolute Gasteiger partial charge is 0.253 e. The summed E-state index contributed by atoms with van der Waals surface area (Å²) in [6, 6.07) is 4.79. The number of hydrogen-bond donors (Lipinski definition) is 3. The van der Waals surface area contributed by atoms with Crippen LogP contribution in [0.1, 0.15) is 17.3 Å². The van der Waals surface area contributed by atoms with Crippen molar-refractivity contribution in [1.29, 1.82) is 0 Å². The minimum Gasteiger partial charge on any atom is -0.399 e. The molecule has 0 bridgehead atoms. The molecular formula is C13H16N4O3. The molecule has 1 aromatic rings. The van der Waals surface area contributed by atoms with Gasteiger partial charge in [-0.3, -0.25) is 19.7 Å². The lowest BCUT2D eigenvalue weighted by atomic mass is 10.1. The first-order chi connectivity index (χ1) is 9.51. The lowest BCUT2D eigenvalue weighted by molar-refractivity contribution is -0.130. The van der Waals surface area contributed by atoms with Crippen LogP contribution in [-0.2, 0) is 9.59 Å². The summed E-state index contributed by atoms with van der Waals surface area (Å²) >= 11 is 0. The molecule has 1 saturated heterocycles. The summed E-state index contributed by atoms with van der Waals surface area (Å²) in [6.07, 6.45) is 0. The van der Waals surface area contributed by atoms with E-state index >= 15 is 0 Å². The maximum Gasteiger partial charge on any atom is 0.253 e. The average Bonchev–Trinajstić information content (AvgIpc) is 2.37. The summed E-state index contributed by atoms with van der Waals surface area (Å²) < 4.78 is 0. The zero-order chi connectivity index (χ0) is 14.7. The van der Waals surface area contributed by atoms with E-state index in [4.69, 9.17) is 5.73 Å². The third kappa shape index (κ3) is 2.87. The molecular weight excluding hydrogens is 260 g/mol. The summed E-state index contributed by atoms with van der Waals surface area (Å²) in [6.45, 7) is 2.33. The first-order valence-electron chi connectivity index (χ1n) is 6.26. The number of nitrogen functional groups attached to an aromatic ring is 1. The Morgan fingerprint density at radius 2 is 2.00 bits per heavy atom. The Morgan fingerprint density at radius 3 is 2.60 bits per heavy atom. The number of benzene rings is 1. The minimum atomic E-state index is -0.398. The third-order valence-corrected chi connectivity index (χ3v) is 2.89. The molecule has 20 heavy (non-hydrogen) atoms. The normalized spacial score (nSPS) is 14.9. The van der Waals surface area contributed by atoms with E-state index in [1.165, 1.54) is 0 Å². The molecule has 1 aromatic carbocycles. The number of imide groups is 1. The first kappa shape index (κ1) is 13.9. The van der Waals surface area contributed by atoms with E-state index in [2.05, 4.69) is 10.6 Å². The van der Waals surface area contributed by atoms with E-state index in [1.807, 2.05) is 6.92 Å².